The first-order valence-corrected chi connectivity index (χ1v) is 47.8. The van der Waals surface area contributed by atoms with Gasteiger partial charge in [0.15, 0.2) is 12.2 Å². The zero-order chi connectivity index (χ0) is 77.9. The standard InChI is InChI=1S/C87H170O17P2/c1-8-9-10-11-12-13-14-15-16-17-18-19-23-26-29-32-40-47-54-61-68-84(89)97-74-82(103-86(91)70-63-56-49-41-33-30-27-24-21-20-22-25-28-31-37-44-51-58-65-78(2)3)76-101-105(93,94)99-72-81(88)73-100-106(95,96)102-77-83(75-98-85(90)69-62-55-48-43-36-39-46-53-60-67-80(6)7)104-87(92)71-64-57-50-42-35-34-38-45-52-59-66-79(4)5/h78-83,88H,8-77H2,1-7H3,(H,93,94)(H,95,96)/t81-,82-,83-/m1/s1. The minimum Gasteiger partial charge on any atom is -0.462 e. The molecule has 0 radical (unpaired) electrons. The van der Waals surface area contributed by atoms with Crippen LogP contribution >= 0.6 is 15.6 Å². The Morgan fingerprint density at radius 1 is 0.255 bits per heavy atom. The van der Waals surface area contributed by atoms with Crippen molar-refractivity contribution in [1.82, 2.24) is 0 Å². The summed E-state index contributed by atoms with van der Waals surface area (Å²) in [7, 11) is -9.93. The molecule has 0 aliphatic carbocycles. The average Bonchev–Trinajstić information content (AvgIpc) is 0.911. The summed E-state index contributed by atoms with van der Waals surface area (Å²) >= 11 is 0. The van der Waals surface area contributed by atoms with E-state index in [9.17, 15) is 43.2 Å². The number of ether oxygens (including phenoxy) is 4. The summed E-state index contributed by atoms with van der Waals surface area (Å²) < 4.78 is 68.9. The van der Waals surface area contributed by atoms with Crippen LogP contribution in [0.5, 0.6) is 0 Å². The topological polar surface area (TPSA) is 237 Å². The van der Waals surface area contributed by atoms with Crippen molar-refractivity contribution in [2.75, 3.05) is 39.6 Å². The second kappa shape index (κ2) is 77.0. The van der Waals surface area contributed by atoms with Crippen molar-refractivity contribution in [3.05, 3.63) is 0 Å². The summed E-state index contributed by atoms with van der Waals surface area (Å²) in [4.78, 5) is 73.2. The maximum absolute atomic E-state index is 13.2. The highest BCUT2D eigenvalue weighted by Crippen LogP contribution is 2.45. The number of carbonyl (C=O) groups is 4. The van der Waals surface area contributed by atoms with Crippen LogP contribution in [0, 0.1) is 17.8 Å². The summed E-state index contributed by atoms with van der Waals surface area (Å²) in [6.45, 7) is 12.0. The largest absolute Gasteiger partial charge is 0.472 e. The Labute approximate surface area is 651 Å². The smallest absolute Gasteiger partial charge is 0.462 e. The number of carbonyl (C=O) groups excluding carboxylic acids is 4. The fraction of sp³-hybridized carbons (Fsp3) is 0.954. The molecule has 0 aliphatic rings. The fourth-order valence-electron chi connectivity index (χ4n) is 13.5. The molecule has 0 aromatic rings. The predicted octanol–water partition coefficient (Wildman–Crippen LogP) is 26.5. The normalized spacial score (nSPS) is 13.9. The van der Waals surface area contributed by atoms with Crippen LogP contribution in [0.4, 0.5) is 0 Å². The number of phosphoric acid groups is 2. The van der Waals surface area contributed by atoms with Crippen molar-refractivity contribution in [3.63, 3.8) is 0 Å². The van der Waals surface area contributed by atoms with Gasteiger partial charge in [-0.05, 0) is 43.4 Å². The van der Waals surface area contributed by atoms with Crippen molar-refractivity contribution in [2.24, 2.45) is 17.8 Å². The average molecular weight is 1550 g/mol. The van der Waals surface area contributed by atoms with Crippen LogP contribution in [0.15, 0.2) is 0 Å². The van der Waals surface area contributed by atoms with Gasteiger partial charge in [0.1, 0.15) is 19.3 Å². The second-order valence-electron chi connectivity index (χ2n) is 32.7. The molecule has 19 heteroatoms. The van der Waals surface area contributed by atoms with Gasteiger partial charge in [-0.25, -0.2) is 9.13 Å². The molecule has 17 nitrogen and oxygen atoms in total. The predicted molar refractivity (Wildman–Crippen MR) is 437 cm³/mol. The summed E-state index contributed by atoms with van der Waals surface area (Å²) in [6.07, 6.45) is 68.2. The van der Waals surface area contributed by atoms with E-state index in [1.807, 2.05) is 0 Å². The van der Waals surface area contributed by atoms with Crippen LogP contribution in [-0.4, -0.2) is 96.7 Å². The van der Waals surface area contributed by atoms with E-state index >= 15 is 0 Å². The van der Waals surface area contributed by atoms with E-state index in [-0.39, 0.29) is 25.7 Å². The lowest BCUT2D eigenvalue weighted by molar-refractivity contribution is -0.161. The molecule has 0 spiro atoms. The van der Waals surface area contributed by atoms with Crippen LogP contribution in [0.1, 0.15) is 459 Å². The van der Waals surface area contributed by atoms with E-state index in [1.165, 1.54) is 270 Å². The lowest BCUT2D eigenvalue weighted by Gasteiger charge is -2.21. The summed E-state index contributed by atoms with van der Waals surface area (Å²) in [5.74, 6) is 0.211. The molecule has 630 valence electrons. The van der Waals surface area contributed by atoms with Crippen molar-refractivity contribution in [2.45, 2.75) is 478 Å². The minimum absolute atomic E-state index is 0.106. The molecule has 0 heterocycles. The van der Waals surface area contributed by atoms with E-state index < -0.39 is 97.5 Å². The van der Waals surface area contributed by atoms with E-state index in [2.05, 4.69) is 48.5 Å². The quantitative estimate of drug-likeness (QED) is 0.0222. The monoisotopic (exact) mass is 1550 g/mol. The molecular formula is C87H170O17P2. The molecule has 0 saturated carbocycles. The van der Waals surface area contributed by atoms with Gasteiger partial charge in [-0.1, -0.05) is 408 Å². The van der Waals surface area contributed by atoms with Gasteiger partial charge in [0, 0.05) is 25.7 Å². The highest BCUT2D eigenvalue weighted by Gasteiger charge is 2.30. The number of aliphatic hydroxyl groups excluding tert-OH is 1. The SMILES string of the molecule is CCCCCCCCCCCCCCCCCCCCCCC(=O)OC[C@H](COP(=O)(O)OC[C@@H](O)COP(=O)(O)OC[C@@H](COC(=O)CCCCCCCCCCCC(C)C)OC(=O)CCCCCCCCCCCCC(C)C)OC(=O)CCCCCCCCCCCCCCCCCCCCC(C)C. The molecule has 0 amide bonds. The number of unbranched alkanes of at least 4 members (excludes halogenated alkanes) is 53. The summed E-state index contributed by atoms with van der Waals surface area (Å²) in [5, 5.41) is 10.7. The van der Waals surface area contributed by atoms with E-state index in [1.54, 1.807) is 0 Å². The van der Waals surface area contributed by atoms with Crippen molar-refractivity contribution < 1.29 is 80.2 Å². The van der Waals surface area contributed by atoms with Crippen LogP contribution in [0.2, 0.25) is 0 Å². The molecule has 3 N–H and O–H groups in total. The van der Waals surface area contributed by atoms with Gasteiger partial charge < -0.3 is 33.8 Å². The Morgan fingerprint density at radius 2 is 0.434 bits per heavy atom. The van der Waals surface area contributed by atoms with Gasteiger partial charge in [0.05, 0.1) is 26.4 Å². The molecule has 0 aliphatic heterocycles. The van der Waals surface area contributed by atoms with Crippen LogP contribution in [0.25, 0.3) is 0 Å². The zero-order valence-electron chi connectivity index (χ0n) is 69.9. The van der Waals surface area contributed by atoms with Gasteiger partial charge in [-0.3, -0.25) is 37.3 Å². The third-order valence-corrected chi connectivity index (χ3v) is 22.3. The molecule has 0 aromatic carbocycles. The van der Waals surface area contributed by atoms with E-state index in [4.69, 9.17) is 37.0 Å². The first-order valence-electron chi connectivity index (χ1n) is 44.8. The molecular weight excluding hydrogens is 1380 g/mol. The number of rotatable bonds is 85. The molecule has 0 fully saturated rings. The number of phosphoric ester groups is 2. The Kier molecular flexibility index (Phi) is 75.6. The summed E-state index contributed by atoms with van der Waals surface area (Å²) in [5.41, 5.74) is 0. The third-order valence-electron chi connectivity index (χ3n) is 20.4. The lowest BCUT2D eigenvalue weighted by Crippen LogP contribution is -2.30. The Morgan fingerprint density at radius 3 is 0.642 bits per heavy atom. The number of esters is 4. The molecule has 0 rings (SSSR count). The van der Waals surface area contributed by atoms with Crippen molar-refractivity contribution >= 4 is 39.5 Å². The van der Waals surface area contributed by atoms with Crippen LogP contribution in [0.3, 0.4) is 0 Å². The van der Waals surface area contributed by atoms with Crippen molar-refractivity contribution in [1.29, 1.82) is 0 Å². The lowest BCUT2D eigenvalue weighted by atomic mass is 10.0. The maximum atomic E-state index is 13.2. The van der Waals surface area contributed by atoms with Crippen LogP contribution in [-0.2, 0) is 65.4 Å². The first kappa shape index (κ1) is 104. The Balaban J connectivity index is 5.23. The zero-order valence-corrected chi connectivity index (χ0v) is 71.7. The van der Waals surface area contributed by atoms with Gasteiger partial charge in [0.25, 0.3) is 0 Å². The molecule has 2 unspecified atom stereocenters. The highest BCUT2D eigenvalue weighted by molar-refractivity contribution is 7.47. The number of aliphatic hydroxyl groups is 1. The molecule has 0 bridgehead atoms. The third kappa shape index (κ3) is 80.1. The Hall–Kier alpha value is -1.94. The first-order chi connectivity index (χ1) is 51.2. The molecule has 0 aromatic heterocycles. The molecule has 0 saturated heterocycles. The second-order valence-corrected chi connectivity index (χ2v) is 35.6. The highest BCUT2D eigenvalue weighted by atomic mass is 31.2. The van der Waals surface area contributed by atoms with Gasteiger partial charge >= 0.3 is 39.5 Å². The van der Waals surface area contributed by atoms with Crippen molar-refractivity contribution in [3.8, 4) is 0 Å². The fourth-order valence-corrected chi connectivity index (χ4v) is 15.1. The van der Waals surface area contributed by atoms with E-state index in [0.29, 0.717) is 25.7 Å². The minimum atomic E-state index is -4.97. The molecule has 5 atom stereocenters. The number of hydrogen-bond acceptors (Lipinski definition) is 15. The Bertz CT molecular complexity index is 2040. The van der Waals surface area contributed by atoms with E-state index in [0.717, 1.165) is 108 Å². The summed E-state index contributed by atoms with van der Waals surface area (Å²) in [6, 6.07) is 0. The van der Waals surface area contributed by atoms with Crippen LogP contribution < -0.4 is 0 Å². The van der Waals surface area contributed by atoms with Gasteiger partial charge in [-0.15, -0.1) is 0 Å². The van der Waals surface area contributed by atoms with Gasteiger partial charge in [-0.2, -0.15) is 0 Å². The van der Waals surface area contributed by atoms with Gasteiger partial charge in [0.2, 0.25) is 0 Å². The maximum Gasteiger partial charge on any atom is 0.472 e. The molecule has 106 heavy (non-hydrogen) atoms. The number of hydrogen-bond donors (Lipinski definition) is 3.